The molecule has 0 amide bonds. The van der Waals surface area contributed by atoms with Gasteiger partial charge in [0.2, 0.25) is 0 Å². The maximum Gasteiger partial charge on any atom is 0.416 e. The first-order chi connectivity index (χ1) is 11.3. The Morgan fingerprint density at radius 2 is 1.83 bits per heavy atom. The van der Waals surface area contributed by atoms with E-state index in [-0.39, 0.29) is 0 Å². The van der Waals surface area contributed by atoms with Crippen LogP contribution in [-0.2, 0) is 18.0 Å². The summed E-state index contributed by atoms with van der Waals surface area (Å²) in [5.74, 6) is -0.460. The smallest absolute Gasteiger partial charge is 0.416 e. The number of alkyl halides is 3. The fourth-order valence-corrected chi connectivity index (χ4v) is 2.71. The zero-order valence-electron chi connectivity index (χ0n) is 13.0. The molecule has 2 aromatic carbocycles. The van der Waals surface area contributed by atoms with Crippen LogP contribution in [0.15, 0.2) is 48.5 Å². The van der Waals surface area contributed by atoms with Crippen molar-refractivity contribution in [1.82, 2.24) is 4.57 Å². The van der Waals surface area contributed by atoms with Crippen molar-refractivity contribution < 1.29 is 22.7 Å². The summed E-state index contributed by atoms with van der Waals surface area (Å²) in [5.41, 5.74) is 1.54. The summed E-state index contributed by atoms with van der Waals surface area (Å²) in [4.78, 5) is 11.6. The lowest BCUT2D eigenvalue weighted by Gasteiger charge is -2.10. The Morgan fingerprint density at radius 1 is 1.08 bits per heavy atom. The molecule has 24 heavy (non-hydrogen) atoms. The summed E-state index contributed by atoms with van der Waals surface area (Å²) in [7, 11) is 3.05. The van der Waals surface area contributed by atoms with Crippen LogP contribution >= 0.6 is 0 Å². The number of rotatable bonds is 2. The fraction of sp³-hybridized carbons (Fsp3) is 0.167. The van der Waals surface area contributed by atoms with Gasteiger partial charge in [0.05, 0.1) is 18.2 Å². The van der Waals surface area contributed by atoms with Crippen molar-refractivity contribution in [2.75, 3.05) is 7.11 Å². The summed E-state index contributed by atoms with van der Waals surface area (Å²) in [6.45, 7) is 0. The fourth-order valence-electron chi connectivity index (χ4n) is 2.71. The molecule has 0 bridgehead atoms. The van der Waals surface area contributed by atoms with Crippen molar-refractivity contribution in [2.45, 2.75) is 6.18 Å². The lowest BCUT2D eigenvalue weighted by molar-refractivity contribution is -0.137. The van der Waals surface area contributed by atoms with E-state index in [0.717, 1.165) is 23.0 Å². The van der Waals surface area contributed by atoms with Crippen molar-refractivity contribution >= 4 is 16.9 Å². The third-order valence-corrected chi connectivity index (χ3v) is 3.95. The zero-order valence-corrected chi connectivity index (χ0v) is 13.0. The summed E-state index contributed by atoms with van der Waals surface area (Å²) in [6.07, 6.45) is -4.39. The number of carbonyl (C=O) groups excluding carboxylic acids is 1. The predicted molar refractivity (Wildman–Crippen MR) is 84.7 cm³/mol. The largest absolute Gasteiger partial charge is 0.465 e. The number of carbonyl (C=O) groups is 1. The van der Waals surface area contributed by atoms with Crippen LogP contribution in [0.1, 0.15) is 15.9 Å². The second kappa shape index (κ2) is 5.70. The molecule has 0 atom stereocenters. The first kappa shape index (κ1) is 16.1. The van der Waals surface area contributed by atoms with Crippen molar-refractivity contribution in [3.8, 4) is 11.3 Å². The molecule has 0 radical (unpaired) electrons. The van der Waals surface area contributed by atoms with E-state index in [4.69, 9.17) is 4.74 Å². The van der Waals surface area contributed by atoms with Crippen LogP contribution < -0.4 is 0 Å². The van der Waals surface area contributed by atoms with Crippen molar-refractivity contribution in [1.29, 1.82) is 0 Å². The number of esters is 1. The monoisotopic (exact) mass is 333 g/mol. The number of halogens is 3. The van der Waals surface area contributed by atoms with E-state index in [9.17, 15) is 18.0 Å². The lowest BCUT2D eigenvalue weighted by Crippen LogP contribution is -2.05. The van der Waals surface area contributed by atoms with Gasteiger partial charge in [-0.25, -0.2) is 4.79 Å². The van der Waals surface area contributed by atoms with Crippen LogP contribution in [0.4, 0.5) is 13.2 Å². The highest BCUT2D eigenvalue weighted by atomic mass is 19.4. The highest BCUT2D eigenvalue weighted by Crippen LogP contribution is 2.34. The van der Waals surface area contributed by atoms with Crippen LogP contribution in [0, 0.1) is 0 Å². The average Bonchev–Trinajstić information content (AvgIpc) is 2.90. The number of aryl methyl sites for hydroxylation is 1. The molecule has 3 nitrogen and oxygen atoms in total. The third-order valence-electron chi connectivity index (χ3n) is 3.95. The van der Waals surface area contributed by atoms with Gasteiger partial charge >= 0.3 is 12.1 Å². The molecule has 3 aromatic rings. The summed E-state index contributed by atoms with van der Waals surface area (Å²) in [6, 6.07) is 12.0. The highest BCUT2D eigenvalue weighted by molar-refractivity contribution is 5.96. The van der Waals surface area contributed by atoms with Gasteiger partial charge in [0.1, 0.15) is 0 Å². The van der Waals surface area contributed by atoms with Crippen molar-refractivity contribution in [3.63, 3.8) is 0 Å². The highest BCUT2D eigenvalue weighted by Gasteiger charge is 2.30. The van der Waals surface area contributed by atoms with Gasteiger partial charge in [0.25, 0.3) is 0 Å². The summed E-state index contributed by atoms with van der Waals surface area (Å²) < 4.78 is 45.2. The molecule has 0 aliphatic rings. The molecule has 0 fully saturated rings. The molecular weight excluding hydrogens is 319 g/mol. The number of fused-ring (bicyclic) bond motifs is 1. The molecule has 0 saturated carbocycles. The predicted octanol–water partition coefficient (Wildman–Crippen LogP) is 4.65. The maximum atomic E-state index is 12.9. The zero-order chi connectivity index (χ0) is 17.5. The number of aromatic nitrogens is 1. The standard InChI is InChI=1S/C18H14F3NO2/c1-22-15(11-4-3-5-14(8-11)18(19,20)21)9-12-6-7-13(10-16(12)22)17(23)24-2/h3-10H,1-2H3. The molecule has 0 aliphatic carbocycles. The van der Waals surface area contributed by atoms with Crippen LogP contribution in [0.5, 0.6) is 0 Å². The van der Waals surface area contributed by atoms with Gasteiger partial charge < -0.3 is 9.30 Å². The van der Waals surface area contributed by atoms with Crippen molar-refractivity contribution in [2.24, 2.45) is 7.05 Å². The Bertz CT molecular complexity index is 926. The van der Waals surface area contributed by atoms with Crippen molar-refractivity contribution in [3.05, 3.63) is 59.7 Å². The van der Waals surface area contributed by atoms with Gasteiger partial charge in [0, 0.05) is 23.6 Å². The first-order valence-electron chi connectivity index (χ1n) is 7.16. The summed E-state index contributed by atoms with van der Waals surface area (Å²) >= 11 is 0. The van der Waals surface area contributed by atoms with Gasteiger partial charge in [0.15, 0.2) is 0 Å². The minimum absolute atomic E-state index is 0.391. The maximum absolute atomic E-state index is 12.9. The molecule has 0 unspecified atom stereocenters. The number of methoxy groups -OCH3 is 1. The lowest BCUT2D eigenvalue weighted by atomic mass is 10.1. The van der Waals surface area contributed by atoms with Gasteiger partial charge in [-0.2, -0.15) is 13.2 Å². The molecule has 0 saturated heterocycles. The third kappa shape index (κ3) is 2.75. The molecule has 0 N–H and O–H groups in total. The molecule has 1 aromatic heterocycles. The number of ether oxygens (including phenoxy) is 1. The normalized spacial score (nSPS) is 11.7. The van der Waals surface area contributed by atoms with Crippen LogP contribution in [0.2, 0.25) is 0 Å². The minimum Gasteiger partial charge on any atom is -0.465 e. The van der Waals surface area contributed by atoms with E-state index in [1.165, 1.54) is 13.2 Å². The molecule has 3 rings (SSSR count). The molecular formula is C18H14F3NO2. The van der Waals surface area contributed by atoms with E-state index in [1.54, 1.807) is 41.9 Å². The van der Waals surface area contributed by atoms with Crippen LogP contribution in [-0.4, -0.2) is 17.6 Å². The first-order valence-corrected chi connectivity index (χ1v) is 7.16. The topological polar surface area (TPSA) is 31.2 Å². The van der Waals surface area contributed by atoms with E-state index in [2.05, 4.69) is 0 Å². The van der Waals surface area contributed by atoms with Crippen LogP contribution in [0.25, 0.3) is 22.2 Å². The molecule has 124 valence electrons. The van der Waals surface area contributed by atoms with Gasteiger partial charge in [-0.1, -0.05) is 18.2 Å². The number of hydrogen-bond acceptors (Lipinski definition) is 2. The summed E-state index contributed by atoms with van der Waals surface area (Å²) in [5, 5.41) is 0.831. The average molecular weight is 333 g/mol. The quantitative estimate of drug-likeness (QED) is 0.639. The Balaban J connectivity index is 2.14. The second-order valence-corrected chi connectivity index (χ2v) is 5.43. The second-order valence-electron chi connectivity index (χ2n) is 5.43. The van der Waals surface area contributed by atoms with E-state index in [0.29, 0.717) is 16.8 Å². The molecule has 1 heterocycles. The molecule has 0 spiro atoms. The molecule has 0 aliphatic heterocycles. The van der Waals surface area contributed by atoms with E-state index < -0.39 is 17.7 Å². The minimum atomic E-state index is -4.39. The number of benzene rings is 2. The van der Waals surface area contributed by atoms with Gasteiger partial charge in [-0.15, -0.1) is 0 Å². The Morgan fingerprint density at radius 3 is 2.50 bits per heavy atom. The Hall–Kier alpha value is -2.76. The number of hydrogen-bond donors (Lipinski definition) is 0. The van der Waals surface area contributed by atoms with Crippen LogP contribution in [0.3, 0.4) is 0 Å². The Kier molecular flexibility index (Phi) is 3.83. The SMILES string of the molecule is COC(=O)c1ccc2cc(-c3cccc(C(F)(F)F)c3)n(C)c2c1. The Labute approximate surface area is 136 Å². The van der Waals surface area contributed by atoms with Gasteiger partial charge in [-0.05, 0) is 35.9 Å². The van der Waals surface area contributed by atoms with E-state index >= 15 is 0 Å². The molecule has 6 heteroatoms. The number of nitrogens with zero attached hydrogens (tertiary/aromatic N) is 1. The van der Waals surface area contributed by atoms with Gasteiger partial charge in [-0.3, -0.25) is 0 Å². The van der Waals surface area contributed by atoms with E-state index in [1.807, 2.05) is 0 Å².